The molecule has 0 aliphatic carbocycles. The molecule has 1 atom stereocenters. The molecule has 1 amide bonds. The Morgan fingerprint density at radius 2 is 2.06 bits per heavy atom. The predicted octanol–water partition coefficient (Wildman–Crippen LogP) is 2.69. The van der Waals surface area contributed by atoms with Gasteiger partial charge in [-0.25, -0.2) is 15.0 Å². The van der Waals surface area contributed by atoms with E-state index in [0.29, 0.717) is 50.2 Å². The van der Waals surface area contributed by atoms with E-state index in [1.54, 1.807) is 35.8 Å². The van der Waals surface area contributed by atoms with E-state index in [0.717, 1.165) is 11.3 Å². The van der Waals surface area contributed by atoms with E-state index < -0.39 is 0 Å². The Hall–Kier alpha value is -3.59. The van der Waals surface area contributed by atoms with E-state index >= 15 is 0 Å². The SMILES string of the molecule is Cc1ccccc1OCCC(=O)N1CCOC(c2cncc(Nc3ncccn3)n2)C1. The van der Waals surface area contributed by atoms with Gasteiger partial charge in [0.25, 0.3) is 0 Å². The highest BCUT2D eigenvalue weighted by Gasteiger charge is 2.26. The van der Waals surface area contributed by atoms with Crippen molar-refractivity contribution in [3.8, 4) is 5.75 Å². The minimum absolute atomic E-state index is 0.0295. The van der Waals surface area contributed by atoms with Gasteiger partial charge in [-0.15, -0.1) is 0 Å². The third-order valence-electron chi connectivity index (χ3n) is 4.87. The van der Waals surface area contributed by atoms with Crippen molar-refractivity contribution < 1.29 is 14.3 Å². The Labute approximate surface area is 180 Å². The molecule has 3 heterocycles. The van der Waals surface area contributed by atoms with Crippen LogP contribution in [0.5, 0.6) is 5.75 Å². The number of benzene rings is 1. The van der Waals surface area contributed by atoms with Crippen LogP contribution in [0, 0.1) is 6.92 Å². The molecule has 0 radical (unpaired) electrons. The fourth-order valence-corrected chi connectivity index (χ4v) is 3.25. The smallest absolute Gasteiger partial charge is 0.228 e. The first kappa shape index (κ1) is 20.7. The number of amides is 1. The highest BCUT2D eigenvalue weighted by Crippen LogP contribution is 2.22. The van der Waals surface area contributed by atoms with Crippen LogP contribution in [0.15, 0.2) is 55.1 Å². The predicted molar refractivity (Wildman–Crippen MR) is 114 cm³/mol. The molecule has 0 bridgehead atoms. The molecular formula is C22H24N6O3. The third kappa shape index (κ3) is 5.52. The van der Waals surface area contributed by atoms with Crippen molar-refractivity contribution >= 4 is 17.7 Å². The number of nitrogens with zero attached hydrogens (tertiary/aromatic N) is 5. The number of para-hydroxylation sites is 1. The molecule has 1 aromatic carbocycles. The molecule has 9 nitrogen and oxygen atoms in total. The van der Waals surface area contributed by atoms with Crippen LogP contribution < -0.4 is 10.1 Å². The fraction of sp³-hybridized carbons (Fsp3) is 0.318. The quantitative estimate of drug-likeness (QED) is 0.622. The average molecular weight is 420 g/mol. The van der Waals surface area contributed by atoms with Crippen LogP contribution in [0.1, 0.15) is 23.8 Å². The van der Waals surface area contributed by atoms with Crippen molar-refractivity contribution in [1.82, 2.24) is 24.8 Å². The summed E-state index contributed by atoms with van der Waals surface area (Å²) in [5, 5.41) is 3.02. The Morgan fingerprint density at radius 3 is 2.90 bits per heavy atom. The molecule has 1 saturated heterocycles. The molecule has 2 aromatic heterocycles. The molecule has 1 aliphatic heterocycles. The van der Waals surface area contributed by atoms with E-state index in [9.17, 15) is 4.79 Å². The van der Waals surface area contributed by atoms with Gasteiger partial charge in [-0.2, -0.15) is 0 Å². The van der Waals surface area contributed by atoms with E-state index in [1.165, 1.54) is 0 Å². The third-order valence-corrected chi connectivity index (χ3v) is 4.87. The monoisotopic (exact) mass is 420 g/mol. The molecule has 160 valence electrons. The summed E-state index contributed by atoms with van der Waals surface area (Å²) in [6.45, 7) is 3.72. The van der Waals surface area contributed by atoms with Crippen molar-refractivity contribution in [3.63, 3.8) is 0 Å². The molecule has 0 saturated carbocycles. The zero-order valence-corrected chi connectivity index (χ0v) is 17.3. The summed E-state index contributed by atoms with van der Waals surface area (Å²) >= 11 is 0. The number of ether oxygens (including phenoxy) is 2. The van der Waals surface area contributed by atoms with Crippen LogP contribution in [-0.4, -0.2) is 57.0 Å². The maximum atomic E-state index is 12.7. The Morgan fingerprint density at radius 1 is 1.23 bits per heavy atom. The van der Waals surface area contributed by atoms with Crippen LogP contribution in [0.4, 0.5) is 11.8 Å². The summed E-state index contributed by atoms with van der Waals surface area (Å²) in [6, 6.07) is 9.51. The number of aryl methyl sites for hydroxylation is 1. The number of aromatic nitrogens is 4. The maximum Gasteiger partial charge on any atom is 0.228 e. The molecule has 3 aromatic rings. The van der Waals surface area contributed by atoms with Gasteiger partial charge in [0.15, 0.2) is 5.82 Å². The van der Waals surface area contributed by atoms with E-state index in [-0.39, 0.29) is 12.0 Å². The summed E-state index contributed by atoms with van der Waals surface area (Å²) in [4.78, 5) is 31.5. The van der Waals surface area contributed by atoms with Gasteiger partial charge in [0.2, 0.25) is 11.9 Å². The Balaban J connectivity index is 1.33. The minimum atomic E-state index is -0.346. The Kier molecular flexibility index (Phi) is 6.63. The van der Waals surface area contributed by atoms with E-state index in [1.807, 2.05) is 31.2 Å². The van der Waals surface area contributed by atoms with Crippen molar-refractivity contribution in [1.29, 1.82) is 0 Å². The summed E-state index contributed by atoms with van der Waals surface area (Å²) < 4.78 is 11.6. The first-order valence-electron chi connectivity index (χ1n) is 10.1. The topological polar surface area (TPSA) is 102 Å². The number of carbonyl (C=O) groups excluding carboxylic acids is 1. The second-order valence-electron chi connectivity index (χ2n) is 7.09. The molecule has 1 fully saturated rings. The largest absolute Gasteiger partial charge is 0.493 e. The van der Waals surface area contributed by atoms with Crippen LogP contribution in [0.3, 0.4) is 0 Å². The van der Waals surface area contributed by atoms with Crippen LogP contribution >= 0.6 is 0 Å². The highest BCUT2D eigenvalue weighted by molar-refractivity contribution is 5.76. The molecule has 0 spiro atoms. The first-order valence-corrected chi connectivity index (χ1v) is 10.1. The summed E-state index contributed by atoms with van der Waals surface area (Å²) in [7, 11) is 0. The van der Waals surface area contributed by atoms with Crippen LogP contribution in [0.2, 0.25) is 0 Å². The standard InChI is InChI=1S/C22H24N6O3/c1-16-5-2-3-6-18(16)30-11-7-21(29)28-10-12-31-19(15-28)17-13-23-14-20(26-17)27-22-24-8-4-9-25-22/h2-6,8-9,13-14,19H,7,10-12,15H2,1H3,(H,24,25,26,27). The second kappa shape index (κ2) is 9.94. The second-order valence-corrected chi connectivity index (χ2v) is 7.09. The number of morpholine rings is 1. The average Bonchev–Trinajstić information content (AvgIpc) is 2.81. The van der Waals surface area contributed by atoms with Gasteiger partial charge in [0, 0.05) is 18.9 Å². The van der Waals surface area contributed by atoms with Gasteiger partial charge < -0.3 is 19.7 Å². The lowest BCUT2D eigenvalue weighted by atomic mass is 10.2. The van der Waals surface area contributed by atoms with Crippen LogP contribution in [0.25, 0.3) is 0 Å². The number of rotatable bonds is 7. The normalized spacial score (nSPS) is 16.0. The van der Waals surface area contributed by atoms with Gasteiger partial charge in [0.05, 0.1) is 44.3 Å². The zero-order chi connectivity index (χ0) is 21.5. The molecule has 31 heavy (non-hydrogen) atoms. The molecule has 1 N–H and O–H groups in total. The number of nitrogens with one attached hydrogen (secondary N) is 1. The van der Waals surface area contributed by atoms with Crippen LogP contribution in [-0.2, 0) is 9.53 Å². The number of anilines is 2. The van der Waals surface area contributed by atoms with Gasteiger partial charge in [-0.05, 0) is 24.6 Å². The molecule has 1 aliphatic rings. The maximum absolute atomic E-state index is 12.7. The number of carbonyl (C=O) groups is 1. The lowest BCUT2D eigenvalue weighted by molar-refractivity contribution is -0.139. The number of hydrogen-bond acceptors (Lipinski definition) is 8. The van der Waals surface area contributed by atoms with Gasteiger partial charge in [-0.1, -0.05) is 18.2 Å². The fourth-order valence-electron chi connectivity index (χ4n) is 3.25. The van der Waals surface area contributed by atoms with E-state index in [2.05, 4.69) is 25.3 Å². The Bertz CT molecular complexity index is 1020. The molecular weight excluding hydrogens is 396 g/mol. The highest BCUT2D eigenvalue weighted by atomic mass is 16.5. The van der Waals surface area contributed by atoms with Crippen molar-refractivity contribution in [3.05, 3.63) is 66.4 Å². The van der Waals surface area contributed by atoms with Crippen molar-refractivity contribution in [2.75, 3.05) is 31.6 Å². The lowest BCUT2D eigenvalue weighted by Crippen LogP contribution is -2.42. The van der Waals surface area contributed by atoms with Gasteiger partial charge in [-0.3, -0.25) is 9.78 Å². The van der Waals surface area contributed by atoms with Crippen molar-refractivity contribution in [2.45, 2.75) is 19.4 Å². The molecule has 9 heteroatoms. The zero-order valence-electron chi connectivity index (χ0n) is 17.3. The summed E-state index contributed by atoms with van der Waals surface area (Å²) in [5.41, 5.74) is 1.70. The molecule has 1 unspecified atom stereocenters. The minimum Gasteiger partial charge on any atom is -0.493 e. The number of hydrogen-bond donors (Lipinski definition) is 1. The molecule has 4 rings (SSSR count). The lowest BCUT2D eigenvalue weighted by Gasteiger charge is -2.32. The summed E-state index contributed by atoms with van der Waals surface area (Å²) in [6.07, 6.45) is 6.48. The first-order chi connectivity index (χ1) is 15.2. The van der Waals surface area contributed by atoms with Gasteiger partial charge >= 0.3 is 0 Å². The van der Waals surface area contributed by atoms with E-state index in [4.69, 9.17) is 9.47 Å². The van der Waals surface area contributed by atoms with Crippen molar-refractivity contribution in [2.24, 2.45) is 0 Å². The summed E-state index contributed by atoms with van der Waals surface area (Å²) in [5.74, 6) is 1.78. The van der Waals surface area contributed by atoms with Gasteiger partial charge in [0.1, 0.15) is 11.9 Å².